The lowest BCUT2D eigenvalue weighted by Crippen LogP contribution is -2.32. The summed E-state index contributed by atoms with van der Waals surface area (Å²) in [6.07, 6.45) is 2.84. The van der Waals surface area contributed by atoms with Gasteiger partial charge in [-0.25, -0.2) is 9.78 Å². The molecule has 2 N–H and O–H groups in total. The largest absolute Gasteiger partial charge is 0.347 e. The summed E-state index contributed by atoms with van der Waals surface area (Å²) in [5.74, 6) is -0.124. The Kier molecular flexibility index (Phi) is 6.62. The van der Waals surface area contributed by atoms with E-state index >= 15 is 0 Å². The number of hydrogen-bond acceptors (Lipinski definition) is 4. The minimum absolute atomic E-state index is 0.0649. The van der Waals surface area contributed by atoms with Gasteiger partial charge in [0.05, 0.1) is 10.7 Å². The number of amides is 3. The molecule has 0 saturated carbocycles. The number of urea groups is 1. The SMILES string of the molecule is Cc1nc(Cc2ccccc2)sc1C(=O)NCc1cccc(NC(=O)N2CCCC2)c1. The number of rotatable bonds is 6. The van der Waals surface area contributed by atoms with Gasteiger partial charge in [-0.15, -0.1) is 11.3 Å². The van der Waals surface area contributed by atoms with Gasteiger partial charge in [-0.05, 0) is 43.0 Å². The molecular weight excluding hydrogens is 408 g/mol. The van der Waals surface area contributed by atoms with Crippen molar-refractivity contribution in [2.45, 2.75) is 32.7 Å². The maximum absolute atomic E-state index is 12.7. The number of nitrogens with one attached hydrogen (secondary N) is 2. The van der Waals surface area contributed by atoms with E-state index in [2.05, 4.69) is 27.8 Å². The van der Waals surface area contributed by atoms with Crippen molar-refractivity contribution in [1.29, 1.82) is 0 Å². The Labute approximate surface area is 186 Å². The monoisotopic (exact) mass is 434 g/mol. The minimum Gasteiger partial charge on any atom is -0.347 e. The van der Waals surface area contributed by atoms with Crippen LogP contribution >= 0.6 is 11.3 Å². The number of carbonyl (C=O) groups excluding carboxylic acids is 2. The van der Waals surface area contributed by atoms with E-state index < -0.39 is 0 Å². The summed E-state index contributed by atoms with van der Waals surface area (Å²) >= 11 is 1.44. The predicted octanol–water partition coefficient (Wildman–Crippen LogP) is 4.60. The second-order valence-electron chi connectivity index (χ2n) is 7.69. The van der Waals surface area contributed by atoms with Crippen LogP contribution in [-0.4, -0.2) is 34.9 Å². The van der Waals surface area contributed by atoms with Crippen LogP contribution in [0.5, 0.6) is 0 Å². The molecule has 1 aromatic heterocycles. The molecule has 2 heterocycles. The highest BCUT2D eigenvalue weighted by Gasteiger charge is 2.18. The van der Waals surface area contributed by atoms with Crippen molar-refractivity contribution in [3.8, 4) is 0 Å². The second-order valence-corrected chi connectivity index (χ2v) is 8.78. The molecule has 0 unspecified atom stereocenters. The summed E-state index contributed by atoms with van der Waals surface area (Å²) in [7, 11) is 0. The normalized spacial score (nSPS) is 13.3. The lowest BCUT2D eigenvalue weighted by atomic mass is 10.2. The van der Waals surface area contributed by atoms with Gasteiger partial charge >= 0.3 is 6.03 Å². The van der Waals surface area contributed by atoms with Crippen LogP contribution < -0.4 is 10.6 Å². The summed E-state index contributed by atoms with van der Waals surface area (Å²) in [6, 6.07) is 17.6. The number of aryl methyl sites for hydroxylation is 1. The number of anilines is 1. The number of nitrogens with zero attached hydrogens (tertiary/aromatic N) is 2. The molecule has 160 valence electrons. The van der Waals surface area contributed by atoms with Crippen LogP contribution in [0.25, 0.3) is 0 Å². The van der Waals surface area contributed by atoms with Crippen LogP contribution in [0.3, 0.4) is 0 Å². The molecule has 6 nitrogen and oxygen atoms in total. The van der Waals surface area contributed by atoms with E-state index in [-0.39, 0.29) is 11.9 Å². The van der Waals surface area contributed by atoms with E-state index in [9.17, 15) is 9.59 Å². The Morgan fingerprint density at radius 2 is 1.77 bits per heavy atom. The van der Waals surface area contributed by atoms with Crippen LogP contribution in [0, 0.1) is 6.92 Å². The predicted molar refractivity (Wildman–Crippen MR) is 124 cm³/mol. The van der Waals surface area contributed by atoms with Gasteiger partial charge in [0.1, 0.15) is 4.88 Å². The zero-order valence-electron chi connectivity index (χ0n) is 17.6. The fraction of sp³-hybridized carbons (Fsp3) is 0.292. The van der Waals surface area contributed by atoms with Crippen molar-refractivity contribution in [2.75, 3.05) is 18.4 Å². The van der Waals surface area contributed by atoms with Gasteiger partial charge in [-0.2, -0.15) is 0 Å². The smallest absolute Gasteiger partial charge is 0.321 e. The lowest BCUT2D eigenvalue weighted by molar-refractivity contribution is 0.0954. The Morgan fingerprint density at radius 1 is 1.03 bits per heavy atom. The van der Waals surface area contributed by atoms with Gasteiger partial charge in [0, 0.05) is 31.7 Å². The molecule has 0 radical (unpaired) electrons. The standard InChI is InChI=1S/C24H26N4O2S/c1-17-22(31-21(26-17)15-18-8-3-2-4-9-18)23(29)25-16-19-10-7-11-20(14-19)27-24(30)28-12-5-6-13-28/h2-4,7-11,14H,5-6,12-13,15-16H2,1H3,(H,25,29)(H,27,30). The number of benzene rings is 2. The van der Waals surface area contributed by atoms with Crippen molar-refractivity contribution in [3.63, 3.8) is 0 Å². The Morgan fingerprint density at radius 3 is 2.55 bits per heavy atom. The molecule has 7 heteroatoms. The van der Waals surface area contributed by atoms with Gasteiger partial charge in [0.2, 0.25) is 0 Å². The van der Waals surface area contributed by atoms with E-state index in [1.165, 1.54) is 16.9 Å². The number of aromatic nitrogens is 1. The summed E-state index contributed by atoms with van der Waals surface area (Å²) in [5, 5.41) is 6.85. The number of thiazole rings is 1. The molecule has 4 rings (SSSR count). The minimum atomic E-state index is -0.124. The van der Waals surface area contributed by atoms with Gasteiger partial charge in [-0.1, -0.05) is 42.5 Å². The molecule has 1 fully saturated rings. The summed E-state index contributed by atoms with van der Waals surface area (Å²) in [4.78, 5) is 32.1. The maximum atomic E-state index is 12.7. The molecule has 3 amide bonds. The third-order valence-corrected chi connectivity index (χ3v) is 6.43. The fourth-order valence-electron chi connectivity index (χ4n) is 3.65. The Hall–Kier alpha value is -3.19. The molecule has 1 aliphatic rings. The Balaban J connectivity index is 1.35. The highest BCUT2D eigenvalue weighted by atomic mass is 32.1. The van der Waals surface area contributed by atoms with Crippen molar-refractivity contribution in [1.82, 2.24) is 15.2 Å². The number of likely N-dealkylation sites (tertiary alicyclic amines) is 1. The van der Waals surface area contributed by atoms with Crippen LogP contribution in [0.4, 0.5) is 10.5 Å². The molecule has 31 heavy (non-hydrogen) atoms. The van der Waals surface area contributed by atoms with Crippen molar-refractivity contribution in [2.24, 2.45) is 0 Å². The molecule has 0 spiro atoms. The Bertz CT molecular complexity index is 1060. The van der Waals surface area contributed by atoms with Gasteiger partial charge in [0.15, 0.2) is 0 Å². The molecule has 0 atom stereocenters. The highest BCUT2D eigenvalue weighted by Crippen LogP contribution is 2.21. The van der Waals surface area contributed by atoms with Crippen LogP contribution in [0.15, 0.2) is 54.6 Å². The second kappa shape index (κ2) is 9.75. The molecule has 0 aliphatic carbocycles. The fourth-order valence-corrected chi connectivity index (χ4v) is 4.67. The quantitative estimate of drug-likeness (QED) is 0.595. The first-order valence-electron chi connectivity index (χ1n) is 10.5. The first-order valence-corrected chi connectivity index (χ1v) is 11.3. The molecular formula is C24H26N4O2S. The van der Waals surface area contributed by atoms with Crippen molar-refractivity contribution in [3.05, 3.63) is 81.3 Å². The summed E-state index contributed by atoms with van der Waals surface area (Å²) < 4.78 is 0. The lowest BCUT2D eigenvalue weighted by Gasteiger charge is -2.16. The first-order chi connectivity index (χ1) is 15.1. The van der Waals surface area contributed by atoms with E-state index in [1.807, 2.05) is 54.3 Å². The molecule has 3 aromatic rings. The number of hydrogen-bond donors (Lipinski definition) is 2. The molecule has 1 aliphatic heterocycles. The average molecular weight is 435 g/mol. The first kappa shape index (κ1) is 21.1. The zero-order chi connectivity index (χ0) is 21.6. The molecule has 2 aromatic carbocycles. The van der Waals surface area contributed by atoms with E-state index in [0.29, 0.717) is 11.4 Å². The van der Waals surface area contributed by atoms with E-state index in [0.717, 1.165) is 54.3 Å². The van der Waals surface area contributed by atoms with Gasteiger partial charge in [-0.3, -0.25) is 4.79 Å². The average Bonchev–Trinajstić information content (AvgIpc) is 3.43. The van der Waals surface area contributed by atoms with E-state index in [4.69, 9.17) is 0 Å². The van der Waals surface area contributed by atoms with Gasteiger partial charge in [0.25, 0.3) is 5.91 Å². The summed E-state index contributed by atoms with van der Waals surface area (Å²) in [6.45, 7) is 3.87. The maximum Gasteiger partial charge on any atom is 0.321 e. The van der Waals surface area contributed by atoms with Crippen LogP contribution in [0.2, 0.25) is 0 Å². The third kappa shape index (κ3) is 5.49. The summed E-state index contributed by atoms with van der Waals surface area (Å²) in [5.41, 5.74) is 3.60. The van der Waals surface area contributed by atoms with Gasteiger partial charge < -0.3 is 15.5 Å². The zero-order valence-corrected chi connectivity index (χ0v) is 18.4. The van der Waals surface area contributed by atoms with Crippen LogP contribution in [0.1, 0.15) is 44.3 Å². The topological polar surface area (TPSA) is 74.3 Å². The molecule has 1 saturated heterocycles. The van der Waals surface area contributed by atoms with Crippen molar-refractivity contribution >= 4 is 29.0 Å². The van der Waals surface area contributed by atoms with E-state index in [1.54, 1.807) is 0 Å². The van der Waals surface area contributed by atoms with Crippen molar-refractivity contribution < 1.29 is 9.59 Å². The number of carbonyl (C=O) groups is 2. The molecule has 0 bridgehead atoms. The van der Waals surface area contributed by atoms with Crippen LogP contribution in [-0.2, 0) is 13.0 Å². The highest BCUT2D eigenvalue weighted by molar-refractivity contribution is 7.13. The third-order valence-electron chi connectivity index (χ3n) is 5.27.